The molecule has 1 amide bonds. The summed E-state index contributed by atoms with van der Waals surface area (Å²) >= 11 is 0. The van der Waals surface area contributed by atoms with Crippen molar-refractivity contribution in [1.29, 1.82) is 0 Å². The largest absolute Gasteiger partial charge is 0.444 e. The normalized spacial score (nSPS) is 15.5. The number of hydrogen-bond acceptors (Lipinski definition) is 8. The first-order valence-corrected chi connectivity index (χ1v) is 13.6. The van der Waals surface area contributed by atoms with Crippen LogP contribution in [-0.4, -0.2) is 59.5 Å². The van der Waals surface area contributed by atoms with E-state index in [0.717, 1.165) is 18.4 Å². The molecule has 4 aromatic heterocycles. The highest BCUT2D eigenvalue weighted by atomic mass is 16.6. The quantitative estimate of drug-likeness (QED) is 0.370. The molecule has 0 spiro atoms. The van der Waals surface area contributed by atoms with Gasteiger partial charge in [0.25, 0.3) is 5.56 Å². The van der Waals surface area contributed by atoms with Crippen molar-refractivity contribution in [3.05, 3.63) is 57.0 Å². The van der Waals surface area contributed by atoms with Crippen LogP contribution >= 0.6 is 0 Å². The minimum Gasteiger partial charge on any atom is -0.444 e. The van der Waals surface area contributed by atoms with Crippen LogP contribution in [0.5, 0.6) is 0 Å². The maximum absolute atomic E-state index is 13.9. The Kier molecular flexibility index (Phi) is 7.53. The number of nitrogens with zero attached hydrogens (tertiary/aromatic N) is 7. The molecule has 12 heteroatoms. The Hall–Kier alpha value is -4.66. The second-order valence-electron chi connectivity index (χ2n) is 11.1. The number of nitrogens with one attached hydrogen (secondary N) is 1. The van der Waals surface area contributed by atoms with E-state index in [9.17, 15) is 14.4 Å². The van der Waals surface area contributed by atoms with Crippen LogP contribution in [0, 0.1) is 11.8 Å². The van der Waals surface area contributed by atoms with E-state index in [1.807, 2.05) is 37.8 Å². The second kappa shape index (κ2) is 11.1. The Morgan fingerprint density at radius 2 is 1.95 bits per heavy atom. The number of fused-ring (bicyclic) bond motifs is 2. The molecule has 5 rings (SSSR count). The van der Waals surface area contributed by atoms with Gasteiger partial charge in [-0.25, -0.2) is 14.6 Å². The van der Waals surface area contributed by atoms with Gasteiger partial charge in [-0.15, -0.1) is 5.92 Å². The molecule has 0 aromatic carbocycles. The lowest BCUT2D eigenvalue weighted by atomic mass is 10.1. The summed E-state index contributed by atoms with van der Waals surface area (Å²) in [6.07, 6.45) is 2.80. The van der Waals surface area contributed by atoms with E-state index in [4.69, 9.17) is 9.72 Å². The Balaban J connectivity index is 1.54. The maximum Gasteiger partial charge on any atom is 0.407 e. The van der Waals surface area contributed by atoms with Gasteiger partial charge in [-0.3, -0.25) is 23.5 Å². The summed E-state index contributed by atoms with van der Waals surface area (Å²) in [6, 6.07) is 7.05. The zero-order chi connectivity index (χ0) is 29.3. The van der Waals surface area contributed by atoms with Gasteiger partial charge in [0.2, 0.25) is 5.95 Å². The Morgan fingerprint density at radius 1 is 1.15 bits per heavy atom. The predicted molar refractivity (Wildman–Crippen MR) is 156 cm³/mol. The second-order valence-corrected chi connectivity index (χ2v) is 11.1. The van der Waals surface area contributed by atoms with E-state index in [0.29, 0.717) is 30.2 Å². The summed E-state index contributed by atoms with van der Waals surface area (Å²) in [5, 5.41) is 2.95. The first-order valence-electron chi connectivity index (χ1n) is 13.6. The maximum atomic E-state index is 13.9. The van der Waals surface area contributed by atoms with Crippen molar-refractivity contribution in [1.82, 2.24) is 34.0 Å². The molecule has 1 N–H and O–H groups in total. The molecule has 5 heterocycles. The molecule has 1 fully saturated rings. The van der Waals surface area contributed by atoms with Crippen LogP contribution in [0.2, 0.25) is 0 Å². The summed E-state index contributed by atoms with van der Waals surface area (Å²) in [6.45, 7) is 8.55. The van der Waals surface area contributed by atoms with Crippen molar-refractivity contribution in [3.63, 3.8) is 0 Å². The molecule has 12 nitrogen and oxygen atoms in total. The lowest BCUT2D eigenvalue weighted by Gasteiger charge is -2.34. The Labute approximate surface area is 237 Å². The molecular formula is C29H34N8O4. The highest BCUT2D eigenvalue weighted by Gasteiger charge is 2.29. The monoisotopic (exact) mass is 558 g/mol. The van der Waals surface area contributed by atoms with Crippen LogP contribution in [0.1, 0.15) is 46.2 Å². The summed E-state index contributed by atoms with van der Waals surface area (Å²) < 4.78 is 9.77. The molecule has 1 saturated heterocycles. The number of ether oxygens (including phenoxy) is 1. The van der Waals surface area contributed by atoms with Crippen molar-refractivity contribution >= 4 is 34.2 Å². The van der Waals surface area contributed by atoms with E-state index in [1.54, 1.807) is 36.9 Å². The number of hydrogen-bond donors (Lipinski definition) is 1. The predicted octanol–water partition coefficient (Wildman–Crippen LogP) is 2.41. The number of pyridine rings is 2. The van der Waals surface area contributed by atoms with Gasteiger partial charge in [0, 0.05) is 32.4 Å². The molecule has 4 aromatic rings. The van der Waals surface area contributed by atoms with Gasteiger partial charge in [0.15, 0.2) is 11.2 Å². The van der Waals surface area contributed by atoms with Crippen molar-refractivity contribution in [2.24, 2.45) is 7.05 Å². The van der Waals surface area contributed by atoms with E-state index in [2.05, 4.69) is 27.1 Å². The number of anilines is 1. The number of imidazole rings is 1. The van der Waals surface area contributed by atoms with E-state index in [-0.39, 0.29) is 30.3 Å². The zero-order valence-corrected chi connectivity index (χ0v) is 24.0. The molecule has 1 atom stereocenters. The number of aryl methyl sites for hydroxylation is 1. The fourth-order valence-electron chi connectivity index (χ4n) is 5.05. The average molecular weight is 559 g/mol. The van der Waals surface area contributed by atoms with Crippen LogP contribution in [-0.2, 0) is 24.9 Å². The SMILES string of the molecule is CC#CCn1c(N2CCC[C@@H](NC(=O)OC(C)(C)C)C2)nc2c1c(=O)n(Cc1ccc3ncccc3n1)c(=O)n2C. The highest BCUT2D eigenvalue weighted by molar-refractivity contribution is 5.75. The summed E-state index contributed by atoms with van der Waals surface area (Å²) in [4.78, 5) is 55.4. The molecule has 0 bridgehead atoms. The minimum atomic E-state index is -0.602. The lowest BCUT2D eigenvalue weighted by Crippen LogP contribution is -2.49. The molecular weight excluding hydrogens is 524 g/mol. The van der Waals surface area contributed by atoms with Gasteiger partial charge in [0.1, 0.15) is 5.60 Å². The van der Waals surface area contributed by atoms with Crippen LogP contribution < -0.4 is 21.5 Å². The van der Waals surface area contributed by atoms with Crippen molar-refractivity contribution in [2.45, 2.75) is 65.3 Å². The Morgan fingerprint density at radius 3 is 2.71 bits per heavy atom. The van der Waals surface area contributed by atoms with Crippen molar-refractivity contribution < 1.29 is 9.53 Å². The third-order valence-electron chi connectivity index (χ3n) is 6.89. The van der Waals surface area contributed by atoms with Gasteiger partial charge in [-0.1, -0.05) is 5.92 Å². The summed E-state index contributed by atoms with van der Waals surface area (Å²) in [5.41, 5.74) is 0.988. The molecule has 0 unspecified atom stereocenters. The molecule has 214 valence electrons. The number of aromatic nitrogens is 6. The molecule has 0 saturated carbocycles. The van der Waals surface area contributed by atoms with E-state index >= 15 is 0 Å². The van der Waals surface area contributed by atoms with Gasteiger partial charge >= 0.3 is 11.8 Å². The molecule has 0 radical (unpaired) electrons. The summed E-state index contributed by atoms with van der Waals surface area (Å²) in [5.74, 6) is 6.46. The van der Waals surface area contributed by atoms with Gasteiger partial charge in [-0.2, -0.15) is 4.98 Å². The van der Waals surface area contributed by atoms with Crippen LogP contribution in [0.15, 0.2) is 40.1 Å². The summed E-state index contributed by atoms with van der Waals surface area (Å²) in [7, 11) is 1.61. The topological polar surface area (TPSA) is 129 Å². The molecule has 1 aliphatic rings. The average Bonchev–Trinajstić information content (AvgIpc) is 3.32. The smallest absolute Gasteiger partial charge is 0.407 e. The van der Waals surface area contributed by atoms with Gasteiger partial charge in [-0.05, 0) is 64.8 Å². The number of alkyl carbamates (subject to hydrolysis) is 1. The highest BCUT2D eigenvalue weighted by Crippen LogP contribution is 2.24. The fraction of sp³-hybridized carbons (Fsp3) is 0.448. The molecule has 0 aliphatic carbocycles. The van der Waals surface area contributed by atoms with Crippen LogP contribution in [0.3, 0.4) is 0 Å². The van der Waals surface area contributed by atoms with Crippen molar-refractivity contribution in [2.75, 3.05) is 18.0 Å². The number of rotatable bonds is 5. The number of amides is 1. The number of carbonyl (C=O) groups is 1. The van der Waals surface area contributed by atoms with E-state index < -0.39 is 22.9 Å². The van der Waals surface area contributed by atoms with E-state index in [1.165, 1.54) is 9.13 Å². The van der Waals surface area contributed by atoms with Crippen LogP contribution in [0.4, 0.5) is 10.7 Å². The number of piperidine rings is 1. The Bertz CT molecular complexity index is 1800. The fourth-order valence-corrected chi connectivity index (χ4v) is 5.05. The van der Waals surface area contributed by atoms with Gasteiger partial charge < -0.3 is 15.0 Å². The first-order chi connectivity index (χ1) is 19.6. The third-order valence-corrected chi connectivity index (χ3v) is 6.89. The number of carbonyl (C=O) groups excluding carboxylic acids is 1. The first kappa shape index (κ1) is 27.9. The minimum absolute atomic E-state index is 0.00214. The molecule has 41 heavy (non-hydrogen) atoms. The lowest BCUT2D eigenvalue weighted by molar-refractivity contribution is 0.0499. The zero-order valence-electron chi connectivity index (χ0n) is 24.0. The third kappa shape index (κ3) is 5.79. The van der Waals surface area contributed by atoms with Gasteiger partial charge in [0.05, 0.1) is 29.8 Å². The standard InChI is InChI=1S/C29H34N8O4/c1-6-7-16-36-23-24(33-26(36)35-15-9-10-19(17-35)32-27(39)41-29(2,3)4)34(5)28(40)37(25(23)38)18-20-12-13-21-22(31-20)11-8-14-30-21/h8,11-14,19H,9-10,15-18H2,1-5H3,(H,32,39)/t19-/m1/s1. The van der Waals surface area contributed by atoms with Crippen molar-refractivity contribution in [3.8, 4) is 11.8 Å². The molecule has 1 aliphatic heterocycles. The van der Waals surface area contributed by atoms with Crippen LogP contribution in [0.25, 0.3) is 22.2 Å².